The van der Waals surface area contributed by atoms with Gasteiger partial charge in [-0.3, -0.25) is 13.8 Å². The number of carbonyl (C=O) groups excluding carboxylic acids is 1. The van der Waals surface area contributed by atoms with E-state index in [1.807, 2.05) is 27.2 Å². The molecule has 0 aromatic heterocycles. The zero-order valence-electron chi connectivity index (χ0n) is 41.4. The number of allylic oxidation sites excluding steroid dienone is 7. The number of hydrogen-bond acceptors (Lipinski definition) is 5. The number of rotatable bonds is 47. The van der Waals surface area contributed by atoms with Crippen molar-refractivity contribution in [3.63, 3.8) is 0 Å². The monoisotopic (exact) mass is 894 g/mol. The van der Waals surface area contributed by atoms with Crippen molar-refractivity contribution < 1.29 is 32.9 Å². The van der Waals surface area contributed by atoms with Crippen molar-refractivity contribution in [1.29, 1.82) is 0 Å². The van der Waals surface area contributed by atoms with Crippen LogP contribution in [0.25, 0.3) is 0 Å². The molecule has 1 amide bonds. The minimum atomic E-state index is -4.35. The third-order valence-corrected chi connectivity index (χ3v) is 12.5. The molecule has 0 aliphatic carbocycles. The number of nitrogens with zero attached hydrogens (tertiary/aromatic N) is 1. The Morgan fingerprint density at radius 3 is 1.29 bits per heavy atom. The summed E-state index contributed by atoms with van der Waals surface area (Å²) in [6.45, 7) is 4.78. The lowest BCUT2D eigenvalue weighted by Crippen LogP contribution is -2.45. The van der Waals surface area contributed by atoms with Crippen molar-refractivity contribution >= 4 is 13.7 Å². The maximum atomic E-state index is 12.9. The average Bonchev–Trinajstić information content (AvgIpc) is 3.23. The van der Waals surface area contributed by atoms with Gasteiger partial charge in [0, 0.05) is 6.42 Å². The predicted octanol–water partition coefficient (Wildman–Crippen LogP) is 15.2. The number of aliphatic hydroxyl groups excluding tert-OH is 1. The molecular formula is C53H102N2O6P+. The average molecular weight is 894 g/mol. The van der Waals surface area contributed by atoms with Crippen molar-refractivity contribution in [3.05, 3.63) is 48.6 Å². The van der Waals surface area contributed by atoms with Gasteiger partial charge in [0.15, 0.2) is 0 Å². The number of hydrogen-bond donors (Lipinski definition) is 3. The lowest BCUT2D eigenvalue weighted by atomic mass is 10.0. The van der Waals surface area contributed by atoms with Gasteiger partial charge in [0.2, 0.25) is 5.91 Å². The summed E-state index contributed by atoms with van der Waals surface area (Å²) in [6, 6.07) is -0.870. The number of nitrogens with one attached hydrogen (secondary N) is 1. The van der Waals surface area contributed by atoms with Crippen molar-refractivity contribution in [2.45, 2.75) is 244 Å². The first-order valence-electron chi connectivity index (χ1n) is 26.0. The Bertz CT molecular complexity index is 1150. The van der Waals surface area contributed by atoms with E-state index in [0.29, 0.717) is 17.4 Å². The molecule has 0 spiro atoms. The van der Waals surface area contributed by atoms with Crippen LogP contribution >= 0.6 is 7.82 Å². The Morgan fingerprint density at radius 2 is 0.887 bits per heavy atom. The van der Waals surface area contributed by atoms with Gasteiger partial charge < -0.3 is 19.8 Å². The first-order valence-corrected chi connectivity index (χ1v) is 27.5. The maximum absolute atomic E-state index is 12.9. The SMILES string of the molecule is CCCCCCC/C=C/CC/C=C/CC/C=C/C(O)C(COP(=O)(O)OCC[N+](C)(C)C)NC(=O)CCCCCCCCCCC/C=C\CCCCCCCCCCCCCC. The molecular weight excluding hydrogens is 792 g/mol. The number of likely N-dealkylation sites (N-methyl/N-ethyl adjacent to an activating group) is 1. The Balaban J connectivity index is 4.27. The zero-order valence-corrected chi connectivity index (χ0v) is 42.3. The quantitative estimate of drug-likeness (QED) is 0.0243. The van der Waals surface area contributed by atoms with Gasteiger partial charge in [-0.25, -0.2) is 4.57 Å². The molecule has 0 aliphatic rings. The number of unbranched alkanes of at least 4 members (excludes halogenated alkanes) is 28. The summed E-state index contributed by atoms with van der Waals surface area (Å²) in [5.74, 6) is -0.193. The van der Waals surface area contributed by atoms with Gasteiger partial charge in [-0.1, -0.05) is 204 Å². The first kappa shape index (κ1) is 60.5. The molecule has 0 saturated heterocycles. The van der Waals surface area contributed by atoms with Crippen LogP contribution in [0.15, 0.2) is 48.6 Å². The summed E-state index contributed by atoms with van der Waals surface area (Å²) in [7, 11) is 1.54. The molecule has 0 radical (unpaired) electrons. The lowest BCUT2D eigenvalue weighted by Gasteiger charge is -2.25. The van der Waals surface area contributed by atoms with Gasteiger partial charge in [-0.05, 0) is 70.6 Å². The smallest absolute Gasteiger partial charge is 0.387 e. The van der Waals surface area contributed by atoms with Crippen molar-refractivity contribution in [2.24, 2.45) is 0 Å². The highest BCUT2D eigenvalue weighted by Gasteiger charge is 2.27. The molecule has 0 fully saturated rings. The van der Waals surface area contributed by atoms with Gasteiger partial charge in [-0.15, -0.1) is 0 Å². The van der Waals surface area contributed by atoms with Crippen LogP contribution in [0.2, 0.25) is 0 Å². The molecule has 0 saturated carbocycles. The van der Waals surface area contributed by atoms with Gasteiger partial charge in [0.25, 0.3) is 0 Å². The van der Waals surface area contributed by atoms with E-state index in [2.05, 4.69) is 55.6 Å². The van der Waals surface area contributed by atoms with Crippen LogP contribution in [0, 0.1) is 0 Å². The lowest BCUT2D eigenvalue weighted by molar-refractivity contribution is -0.870. The molecule has 0 bridgehead atoms. The van der Waals surface area contributed by atoms with Crippen LogP contribution in [-0.4, -0.2) is 73.4 Å². The zero-order chi connectivity index (χ0) is 45.7. The van der Waals surface area contributed by atoms with Crippen LogP contribution in [0.5, 0.6) is 0 Å². The molecule has 0 aromatic rings. The number of aliphatic hydroxyl groups is 1. The Hall–Kier alpha value is -1.54. The summed E-state index contributed by atoms with van der Waals surface area (Å²) in [6.07, 6.45) is 57.7. The second kappa shape index (κ2) is 44.7. The summed E-state index contributed by atoms with van der Waals surface area (Å²) in [5.41, 5.74) is 0. The van der Waals surface area contributed by atoms with Gasteiger partial charge in [0.1, 0.15) is 13.2 Å². The van der Waals surface area contributed by atoms with E-state index >= 15 is 0 Å². The molecule has 3 N–H and O–H groups in total. The molecule has 9 heteroatoms. The van der Waals surface area contributed by atoms with Crippen molar-refractivity contribution in [3.8, 4) is 0 Å². The minimum Gasteiger partial charge on any atom is -0.387 e. The second-order valence-corrected chi connectivity index (χ2v) is 20.3. The van der Waals surface area contributed by atoms with Crippen LogP contribution in [0.1, 0.15) is 232 Å². The molecule has 3 unspecified atom stereocenters. The molecule has 0 aliphatic heterocycles. The second-order valence-electron chi connectivity index (χ2n) is 18.9. The van der Waals surface area contributed by atoms with Crippen LogP contribution in [-0.2, 0) is 18.4 Å². The standard InChI is InChI=1S/C53H101N2O6P/c1-6-8-10-12-14-16-18-20-22-23-24-25-26-27-28-29-30-31-33-35-37-39-41-43-45-47-53(57)54-51(50-61-62(58,59)60-49-48-55(3,4)5)52(56)46-44-42-40-38-36-34-32-21-19-17-15-13-11-9-7-2/h19,21,27-28,36,38,44,46,51-52,56H,6-18,20,22-26,29-35,37,39-43,45,47-50H2,1-5H3,(H-,54,57,58,59)/p+1/b21-19+,28-27-,38-36+,46-44+. The minimum absolute atomic E-state index is 0.0525. The van der Waals surface area contributed by atoms with E-state index in [9.17, 15) is 19.4 Å². The summed E-state index contributed by atoms with van der Waals surface area (Å²) in [5, 5.41) is 13.8. The first-order chi connectivity index (χ1) is 30.0. The van der Waals surface area contributed by atoms with Gasteiger partial charge >= 0.3 is 7.82 Å². The Labute approximate surface area is 384 Å². The van der Waals surface area contributed by atoms with Crippen LogP contribution in [0.3, 0.4) is 0 Å². The van der Waals surface area contributed by atoms with E-state index in [0.717, 1.165) is 44.9 Å². The number of amides is 1. The van der Waals surface area contributed by atoms with Gasteiger partial charge in [-0.2, -0.15) is 0 Å². The molecule has 0 heterocycles. The number of quaternary nitrogens is 1. The summed E-state index contributed by atoms with van der Waals surface area (Å²) < 4.78 is 23.6. The largest absolute Gasteiger partial charge is 0.472 e. The van der Waals surface area contributed by atoms with Crippen LogP contribution < -0.4 is 5.32 Å². The highest BCUT2D eigenvalue weighted by atomic mass is 31.2. The highest BCUT2D eigenvalue weighted by molar-refractivity contribution is 7.47. The van der Waals surface area contributed by atoms with Crippen molar-refractivity contribution in [2.75, 3.05) is 40.9 Å². The molecule has 364 valence electrons. The van der Waals surface area contributed by atoms with Crippen molar-refractivity contribution in [1.82, 2.24) is 5.32 Å². The highest BCUT2D eigenvalue weighted by Crippen LogP contribution is 2.43. The third kappa shape index (κ3) is 46.5. The summed E-state index contributed by atoms with van der Waals surface area (Å²) in [4.78, 5) is 23.2. The normalized spacial score (nSPS) is 14.5. The fourth-order valence-electron chi connectivity index (χ4n) is 7.36. The van der Waals surface area contributed by atoms with E-state index in [1.54, 1.807) is 6.08 Å². The van der Waals surface area contributed by atoms with E-state index in [-0.39, 0.29) is 19.1 Å². The third-order valence-electron chi connectivity index (χ3n) is 11.5. The molecule has 0 rings (SSSR count). The molecule has 3 atom stereocenters. The van der Waals surface area contributed by atoms with E-state index in [4.69, 9.17) is 9.05 Å². The fourth-order valence-corrected chi connectivity index (χ4v) is 8.10. The summed E-state index contributed by atoms with van der Waals surface area (Å²) >= 11 is 0. The number of phosphoric ester groups is 1. The van der Waals surface area contributed by atoms with E-state index in [1.165, 1.54) is 167 Å². The Morgan fingerprint density at radius 1 is 0.532 bits per heavy atom. The van der Waals surface area contributed by atoms with Gasteiger partial charge in [0.05, 0.1) is 39.9 Å². The fraction of sp³-hybridized carbons (Fsp3) is 0.830. The number of carbonyl (C=O) groups is 1. The topological polar surface area (TPSA) is 105 Å². The molecule has 8 nitrogen and oxygen atoms in total. The molecule has 62 heavy (non-hydrogen) atoms. The van der Waals surface area contributed by atoms with E-state index < -0.39 is 20.0 Å². The predicted molar refractivity (Wildman–Crippen MR) is 267 cm³/mol. The number of phosphoric acid groups is 1. The molecule has 0 aromatic carbocycles. The Kier molecular flexibility index (Phi) is 43.5. The maximum Gasteiger partial charge on any atom is 0.472 e. The van der Waals surface area contributed by atoms with Crippen LogP contribution in [0.4, 0.5) is 0 Å².